The van der Waals surface area contributed by atoms with Gasteiger partial charge in [0, 0.05) is 25.9 Å². The van der Waals surface area contributed by atoms with E-state index >= 15 is 0 Å². The van der Waals surface area contributed by atoms with Crippen molar-refractivity contribution in [3.63, 3.8) is 0 Å². The molecule has 1 aliphatic heterocycles. The number of hydrazone groups is 1. The predicted molar refractivity (Wildman–Crippen MR) is 80.0 cm³/mol. The number of carbonyl (C=O) groups excluding carboxylic acids is 3. The van der Waals surface area contributed by atoms with Crippen LogP contribution in [0, 0.1) is 0 Å². The first kappa shape index (κ1) is 16.5. The third-order valence-electron chi connectivity index (χ3n) is 4.00. The van der Waals surface area contributed by atoms with Gasteiger partial charge in [-0.1, -0.05) is 25.7 Å². The number of hydrogen-bond acceptors (Lipinski definition) is 5. The number of nitrogens with one attached hydrogen (secondary N) is 1. The number of amides is 2. The van der Waals surface area contributed by atoms with Gasteiger partial charge in [-0.25, -0.2) is 9.80 Å². The monoisotopic (exact) mass is 309 g/mol. The first-order valence-electron chi connectivity index (χ1n) is 7.87. The molecule has 1 saturated carbocycles. The first-order chi connectivity index (χ1) is 10.6. The van der Waals surface area contributed by atoms with Gasteiger partial charge in [0.25, 0.3) is 5.91 Å². The quantitative estimate of drug-likeness (QED) is 0.619. The SMILES string of the molecule is CN1N=C(C(=O)OCC(=O)NC2CCCCCC2)CCC1=O. The maximum absolute atomic E-state index is 11.8. The highest BCUT2D eigenvalue weighted by Crippen LogP contribution is 2.17. The van der Waals surface area contributed by atoms with Gasteiger partial charge in [-0.15, -0.1) is 0 Å². The van der Waals surface area contributed by atoms with Crippen molar-refractivity contribution in [3.8, 4) is 0 Å². The molecule has 1 N–H and O–H groups in total. The van der Waals surface area contributed by atoms with Crippen LogP contribution < -0.4 is 5.32 Å². The van der Waals surface area contributed by atoms with E-state index in [0.29, 0.717) is 0 Å². The molecule has 0 saturated heterocycles. The van der Waals surface area contributed by atoms with Gasteiger partial charge in [0.2, 0.25) is 5.91 Å². The molecule has 7 nitrogen and oxygen atoms in total. The van der Waals surface area contributed by atoms with Crippen molar-refractivity contribution in [3.05, 3.63) is 0 Å². The number of nitrogens with zero attached hydrogens (tertiary/aromatic N) is 2. The molecule has 0 unspecified atom stereocenters. The molecule has 0 atom stereocenters. The molecule has 0 aromatic heterocycles. The van der Waals surface area contributed by atoms with Crippen LogP contribution in [0.25, 0.3) is 0 Å². The van der Waals surface area contributed by atoms with Crippen LogP contribution in [0.2, 0.25) is 0 Å². The van der Waals surface area contributed by atoms with Gasteiger partial charge in [-0.2, -0.15) is 5.10 Å². The van der Waals surface area contributed by atoms with Crippen molar-refractivity contribution in [2.45, 2.75) is 57.4 Å². The molecule has 0 radical (unpaired) electrons. The van der Waals surface area contributed by atoms with Gasteiger partial charge in [0.1, 0.15) is 5.71 Å². The average Bonchev–Trinajstić information content (AvgIpc) is 2.76. The zero-order valence-electron chi connectivity index (χ0n) is 13.0. The zero-order valence-corrected chi connectivity index (χ0v) is 13.0. The van der Waals surface area contributed by atoms with Crippen LogP contribution in [0.5, 0.6) is 0 Å². The van der Waals surface area contributed by atoms with Crippen molar-refractivity contribution < 1.29 is 19.1 Å². The highest BCUT2D eigenvalue weighted by atomic mass is 16.5. The molecule has 2 aliphatic rings. The lowest BCUT2D eigenvalue weighted by Crippen LogP contribution is -2.38. The van der Waals surface area contributed by atoms with Crippen LogP contribution in [0.15, 0.2) is 5.10 Å². The fourth-order valence-electron chi connectivity index (χ4n) is 2.72. The van der Waals surface area contributed by atoms with E-state index in [1.54, 1.807) is 0 Å². The second-order valence-corrected chi connectivity index (χ2v) is 5.80. The highest BCUT2D eigenvalue weighted by Gasteiger charge is 2.24. The average molecular weight is 309 g/mol. The molecule has 7 heteroatoms. The minimum absolute atomic E-state index is 0.136. The third-order valence-corrected chi connectivity index (χ3v) is 4.00. The summed E-state index contributed by atoms with van der Waals surface area (Å²) in [5.74, 6) is -1.04. The van der Waals surface area contributed by atoms with Crippen molar-refractivity contribution in [2.24, 2.45) is 5.10 Å². The zero-order chi connectivity index (χ0) is 15.9. The molecule has 0 spiro atoms. The normalized spacial score (nSPS) is 20.1. The number of ether oxygens (including phenoxy) is 1. The Kier molecular flexibility index (Phi) is 5.91. The van der Waals surface area contributed by atoms with Crippen molar-refractivity contribution in [2.75, 3.05) is 13.7 Å². The van der Waals surface area contributed by atoms with E-state index in [4.69, 9.17) is 4.74 Å². The van der Waals surface area contributed by atoms with Crippen LogP contribution >= 0.6 is 0 Å². The third kappa shape index (κ3) is 4.82. The summed E-state index contributed by atoms with van der Waals surface area (Å²) >= 11 is 0. The van der Waals surface area contributed by atoms with Crippen LogP contribution in [0.4, 0.5) is 0 Å². The molecule has 1 fully saturated rings. The largest absolute Gasteiger partial charge is 0.451 e. The molecule has 1 aliphatic carbocycles. The Morgan fingerprint density at radius 1 is 1.23 bits per heavy atom. The predicted octanol–water partition coefficient (Wildman–Crippen LogP) is 0.977. The van der Waals surface area contributed by atoms with Crippen LogP contribution in [-0.2, 0) is 19.1 Å². The van der Waals surface area contributed by atoms with Gasteiger partial charge < -0.3 is 10.1 Å². The second kappa shape index (κ2) is 7.91. The number of rotatable bonds is 4. The van der Waals surface area contributed by atoms with Gasteiger partial charge in [-0.3, -0.25) is 9.59 Å². The summed E-state index contributed by atoms with van der Waals surface area (Å²) in [6.45, 7) is -0.300. The van der Waals surface area contributed by atoms with Crippen LogP contribution in [0.1, 0.15) is 51.4 Å². The summed E-state index contributed by atoms with van der Waals surface area (Å²) in [7, 11) is 1.49. The molecule has 22 heavy (non-hydrogen) atoms. The molecule has 1 heterocycles. The topological polar surface area (TPSA) is 88.1 Å². The van der Waals surface area contributed by atoms with E-state index < -0.39 is 5.97 Å². The Morgan fingerprint density at radius 2 is 1.91 bits per heavy atom. The fourth-order valence-corrected chi connectivity index (χ4v) is 2.72. The number of carbonyl (C=O) groups is 3. The van der Waals surface area contributed by atoms with Crippen molar-refractivity contribution in [1.29, 1.82) is 0 Å². The van der Waals surface area contributed by atoms with E-state index in [1.165, 1.54) is 19.9 Å². The van der Waals surface area contributed by atoms with E-state index in [-0.39, 0.29) is 43.0 Å². The number of esters is 1. The van der Waals surface area contributed by atoms with Crippen LogP contribution in [0.3, 0.4) is 0 Å². The Hall–Kier alpha value is -1.92. The minimum Gasteiger partial charge on any atom is -0.451 e. The maximum atomic E-state index is 11.8. The Bertz CT molecular complexity index is 467. The first-order valence-corrected chi connectivity index (χ1v) is 7.87. The standard InChI is InChI=1S/C15H23N3O4/c1-18-14(20)9-8-12(17-18)15(21)22-10-13(19)16-11-6-4-2-3-5-7-11/h11H,2-10H2,1H3,(H,16,19). The summed E-state index contributed by atoms with van der Waals surface area (Å²) in [5.41, 5.74) is 0.185. The summed E-state index contributed by atoms with van der Waals surface area (Å²) in [4.78, 5) is 34.9. The molecular formula is C15H23N3O4. The molecule has 0 bridgehead atoms. The Labute approximate surface area is 130 Å². The van der Waals surface area contributed by atoms with E-state index in [1.807, 2.05) is 0 Å². The molecule has 2 amide bonds. The maximum Gasteiger partial charge on any atom is 0.355 e. The molecule has 0 aromatic rings. The van der Waals surface area contributed by atoms with Crippen LogP contribution in [-0.4, -0.2) is 48.2 Å². The molecule has 0 aromatic carbocycles. The smallest absolute Gasteiger partial charge is 0.355 e. The van der Waals surface area contributed by atoms with Gasteiger partial charge in [0.15, 0.2) is 6.61 Å². The Morgan fingerprint density at radius 3 is 2.55 bits per heavy atom. The summed E-state index contributed by atoms with van der Waals surface area (Å²) in [6.07, 6.45) is 7.15. The van der Waals surface area contributed by atoms with Gasteiger partial charge >= 0.3 is 5.97 Å². The lowest BCUT2D eigenvalue weighted by molar-refractivity contribution is -0.143. The van der Waals surface area contributed by atoms with Crippen molar-refractivity contribution in [1.82, 2.24) is 10.3 Å². The summed E-state index contributed by atoms with van der Waals surface area (Å²) in [5, 5.41) is 7.91. The fraction of sp³-hybridized carbons (Fsp3) is 0.733. The van der Waals surface area contributed by atoms with E-state index in [2.05, 4.69) is 10.4 Å². The molecular weight excluding hydrogens is 286 g/mol. The highest BCUT2D eigenvalue weighted by molar-refractivity contribution is 6.37. The lowest BCUT2D eigenvalue weighted by Gasteiger charge is -2.19. The van der Waals surface area contributed by atoms with Gasteiger partial charge in [-0.05, 0) is 12.8 Å². The molecule has 2 rings (SSSR count). The Balaban J connectivity index is 1.74. The molecule has 122 valence electrons. The second-order valence-electron chi connectivity index (χ2n) is 5.80. The van der Waals surface area contributed by atoms with Crippen molar-refractivity contribution >= 4 is 23.5 Å². The minimum atomic E-state index is -0.629. The number of hydrogen-bond donors (Lipinski definition) is 1. The van der Waals surface area contributed by atoms with E-state index in [9.17, 15) is 14.4 Å². The lowest BCUT2D eigenvalue weighted by atomic mass is 10.1. The summed E-state index contributed by atoms with van der Waals surface area (Å²) < 4.78 is 4.98. The van der Waals surface area contributed by atoms with Gasteiger partial charge in [0.05, 0.1) is 0 Å². The van der Waals surface area contributed by atoms with E-state index in [0.717, 1.165) is 30.7 Å². The summed E-state index contributed by atoms with van der Waals surface area (Å²) in [6, 6.07) is 0.185.